The van der Waals surface area contributed by atoms with Crippen LogP contribution in [0.3, 0.4) is 0 Å². The largest absolute Gasteiger partial charge is 0.402 e. The Bertz CT molecular complexity index is 122. The minimum Gasteiger partial charge on any atom is -0.402 e. The SMILES string of the molecule is CCC[Si](CCC)(CCC)OC(C)N. The highest BCUT2D eigenvalue weighted by molar-refractivity contribution is 6.73. The van der Waals surface area contributed by atoms with Gasteiger partial charge in [-0.25, -0.2) is 0 Å². The molecule has 0 spiro atoms. The lowest BCUT2D eigenvalue weighted by atomic mass is 10.6. The van der Waals surface area contributed by atoms with Crippen molar-refractivity contribution in [2.24, 2.45) is 5.73 Å². The smallest absolute Gasteiger partial charge is 0.194 e. The van der Waals surface area contributed by atoms with Gasteiger partial charge in [0.05, 0.1) is 6.23 Å². The Kier molecular flexibility index (Phi) is 7.50. The molecule has 0 bridgehead atoms. The van der Waals surface area contributed by atoms with Gasteiger partial charge < -0.3 is 10.2 Å². The van der Waals surface area contributed by atoms with E-state index in [0.29, 0.717) is 0 Å². The zero-order chi connectivity index (χ0) is 11.0. The fraction of sp³-hybridized carbons (Fsp3) is 1.00. The van der Waals surface area contributed by atoms with E-state index in [2.05, 4.69) is 20.8 Å². The predicted molar refractivity (Wildman–Crippen MR) is 65.8 cm³/mol. The van der Waals surface area contributed by atoms with Crippen LogP contribution in [0, 0.1) is 0 Å². The van der Waals surface area contributed by atoms with E-state index in [9.17, 15) is 0 Å². The summed E-state index contributed by atoms with van der Waals surface area (Å²) >= 11 is 0. The van der Waals surface area contributed by atoms with Crippen LogP contribution in [0.1, 0.15) is 47.0 Å². The van der Waals surface area contributed by atoms with Crippen molar-refractivity contribution < 1.29 is 4.43 Å². The molecule has 0 rings (SSSR count). The van der Waals surface area contributed by atoms with Gasteiger partial charge in [-0.3, -0.25) is 0 Å². The monoisotopic (exact) mass is 217 g/mol. The first kappa shape index (κ1) is 14.1. The molecule has 14 heavy (non-hydrogen) atoms. The summed E-state index contributed by atoms with van der Waals surface area (Å²) in [5.74, 6) is 0. The fourth-order valence-electron chi connectivity index (χ4n) is 2.31. The maximum Gasteiger partial charge on any atom is 0.194 e. The summed E-state index contributed by atoms with van der Waals surface area (Å²) in [6.07, 6.45) is 3.63. The number of hydrogen-bond acceptors (Lipinski definition) is 2. The minimum absolute atomic E-state index is 0.0775. The minimum atomic E-state index is -1.48. The molecule has 0 aliphatic heterocycles. The highest BCUT2D eigenvalue weighted by Crippen LogP contribution is 2.27. The van der Waals surface area contributed by atoms with Gasteiger partial charge in [-0.05, 0) is 25.1 Å². The quantitative estimate of drug-likeness (QED) is 0.499. The molecule has 1 atom stereocenters. The number of nitrogens with two attached hydrogens (primary N) is 1. The van der Waals surface area contributed by atoms with Gasteiger partial charge in [0.15, 0.2) is 8.32 Å². The van der Waals surface area contributed by atoms with Crippen LogP contribution in [-0.4, -0.2) is 14.5 Å². The van der Waals surface area contributed by atoms with Crippen molar-refractivity contribution in [3.63, 3.8) is 0 Å². The first-order valence-electron chi connectivity index (χ1n) is 6.03. The lowest BCUT2D eigenvalue weighted by molar-refractivity contribution is 0.211. The molecule has 0 saturated heterocycles. The zero-order valence-corrected chi connectivity index (χ0v) is 11.3. The Hall–Kier alpha value is 0.137. The van der Waals surface area contributed by atoms with E-state index in [1.165, 1.54) is 37.4 Å². The first-order valence-corrected chi connectivity index (χ1v) is 8.56. The van der Waals surface area contributed by atoms with Gasteiger partial charge >= 0.3 is 0 Å². The molecule has 0 aliphatic rings. The van der Waals surface area contributed by atoms with Crippen molar-refractivity contribution in [1.29, 1.82) is 0 Å². The topological polar surface area (TPSA) is 35.2 Å². The molecule has 0 aliphatic carbocycles. The molecule has 2 N–H and O–H groups in total. The third kappa shape index (κ3) is 5.13. The molecule has 0 saturated carbocycles. The Labute approximate surface area is 90.3 Å². The van der Waals surface area contributed by atoms with E-state index >= 15 is 0 Å². The van der Waals surface area contributed by atoms with E-state index in [-0.39, 0.29) is 6.23 Å². The van der Waals surface area contributed by atoms with Crippen LogP contribution in [-0.2, 0) is 4.43 Å². The first-order chi connectivity index (χ1) is 6.60. The van der Waals surface area contributed by atoms with Crippen LogP contribution in [0.25, 0.3) is 0 Å². The van der Waals surface area contributed by atoms with Crippen LogP contribution >= 0.6 is 0 Å². The lowest BCUT2D eigenvalue weighted by Gasteiger charge is -2.32. The maximum absolute atomic E-state index is 6.08. The van der Waals surface area contributed by atoms with Crippen molar-refractivity contribution in [3.8, 4) is 0 Å². The van der Waals surface area contributed by atoms with Crippen LogP contribution in [0.15, 0.2) is 0 Å². The summed E-state index contributed by atoms with van der Waals surface area (Å²) in [6.45, 7) is 8.70. The van der Waals surface area contributed by atoms with Crippen molar-refractivity contribution in [2.45, 2.75) is 71.3 Å². The van der Waals surface area contributed by atoms with Gasteiger partial charge in [0.2, 0.25) is 0 Å². The number of hydrogen-bond donors (Lipinski definition) is 1. The highest BCUT2D eigenvalue weighted by atomic mass is 28.4. The summed E-state index contributed by atoms with van der Waals surface area (Å²) in [4.78, 5) is 0. The molecular formula is C11H27NOSi. The predicted octanol–water partition coefficient (Wildman–Crippen LogP) is 3.48. The fourth-order valence-corrected chi connectivity index (χ4v) is 6.94. The molecule has 0 heterocycles. The Morgan fingerprint density at radius 2 is 1.36 bits per heavy atom. The van der Waals surface area contributed by atoms with E-state index in [1.54, 1.807) is 0 Å². The Morgan fingerprint density at radius 1 is 1.00 bits per heavy atom. The Balaban J connectivity index is 4.37. The van der Waals surface area contributed by atoms with E-state index in [4.69, 9.17) is 10.2 Å². The van der Waals surface area contributed by atoms with Gasteiger partial charge in [0, 0.05) is 0 Å². The maximum atomic E-state index is 6.08. The van der Waals surface area contributed by atoms with Crippen molar-refractivity contribution in [1.82, 2.24) is 0 Å². The Morgan fingerprint density at radius 3 is 1.57 bits per heavy atom. The molecule has 0 radical (unpaired) electrons. The molecule has 1 unspecified atom stereocenters. The lowest BCUT2D eigenvalue weighted by Crippen LogP contribution is -2.43. The third-order valence-corrected chi connectivity index (χ3v) is 7.66. The average molecular weight is 217 g/mol. The molecular weight excluding hydrogens is 190 g/mol. The van der Waals surface area contributed by atoms with Crippen LogP contribution < -0.4 is 5.73 Å². The molecule has 86 valence electrons. The van der Waals surface area contributed by atoms with Gasteiger partial charge in [-0.1, -0.05) is 40.0 Å². The highest BCUT2D eigenvalue weighted by Gasteiger charge is 2.33. The molecule has 0 fully saturated rings. The van der Waals surface area contributed by atoms with E-state index in [1.807, 2.05) is 6.92 Å². The zero-order valence-electron chi connectivity index (χ0n) is 10.3. The summed E-state index contributed by atoms with van der Waals surface area (Å²) < 4.78 is 6.08. The van der Waals surface area contributed by atoms with Gasteiger partial charge in [-0.2, -0.15) is 0 Å². The molecule has 0 aromatic rings. The average Bonchev–Trinajstić information content (AvgIpc) is 2.03. The van der Waals surface area contributed by atoms with Crippen LogP contribution in [0.5, 0.6) is 0 Å². The molecule has 2 nitrogen and oxygen atoms in total. The van der Waals surface area contributed by atoms with Crippen molar-refractivity contribution >= 4 is 8.32 Å². The van der Waals surface area contributed by atoms with Crippen LogP contribution in [0.4, 0.5) is 0 Å². The molecule has 0 aromatic carbocycles. The summed E-state index contributed by atoms with van der Waals surface area (Å²) in [5.41, 5.74) is 5.78. The molecule has 0 aromatic heterocycles. The standard InChI is InChI=1S/C11H27NOSi/c1-5-8-14(9-6-2,10-7-3)13-11(4)12/h11H,5-10,12H2,1-4H3. The number of rotatable bonds is 8. The molecule has 3 heteroatoms. The van der Waals surface area contributed by atoms with Crippen molar-refractivity contribution in [2.75, 3.05) is 0 Å². The second-order valence-corrected chi connectivity index (χ2v) is 8.36. The van der Waals surface area contributed by atoms with Crippen LogP contribution in [0.2, 0.25) is 18.1 Å². The summed E-state index contributed by atoms with van der Waals surface area (Å²) in [7, 11) is -1.48. The van der Waals surface area contributed by atoms with Gasteiger partial charge in [0.25, 0.3) is 0 Å². The third-order valence-electron chi connectivity index (χ3n) is 2.55. The van der Waals surface area contributed by atoms with Gasteiger partial charge in [-0.15, -0.1) is 0 Å². The summed E-state index contributed by atoms with van der Waals surface area (Å²) in [5, 5.41) is 0. The normalized spacial score (nSPS) is 14.4. The molecule has 0 amide bonds. The van der Waals surface area contributed by atoms with Gasteiger partial charge in [0.1, 0.15) is 0 Å². The second kappa shape index (κ2) is 7.43. The van der Waals surface area contributed by atoms with Crippen molar-refractivity contribution in [3.05, 3.63) is 0 Å². The van der Waals surface area contributed by atoms with E-state index < -0.39 is 8.32 Å². The summed E-state index contributed by atoms with van der Waals surface area (Å²) in [6, 6.07) is 3.82. The second-order valence-electron chi connectivity index (χ2n) is 4.26. The van der Waals surface area contributed by atoms with E-state index in [0.717, 1.165) is 0 Å².